The maximum absolute atomic E-state index is 13.1. The lowest BCUT2D eigenvalue weighted by Gasteiger charge is -2.13. The van der Waals surface area contributed by atoms with Crippen LogP contribution in [0.3, 0.4) is 0 Å². The number of halogens is 4. The summed E-state index contributed by atoms with van der Waals surface area (Å²) in [6.07, 6.45) is -2.38. The van der Waals surface area contributed by atoms with E-state index < -0.39 is 24.4 Å². The van der Waals surface area contributed by atoms with Crippen molar-refractivity contribution in [2.24, 2.45) is 0 Å². The topological polar surface area (TPSA) is 113 Å². The average Bonchev–Trinajstić information content (AvgIpc) is 2.75. The SMILES string of the molecule is N=Cc1c(Oc2ccc(NC(=O)Nc3cc(CCF)cc(C(F)(F)F)c3)cc2)ccnc1N. The van der Waals surface area contributed by atoms with Gasteiger partial charge in [0.1, 0.15) is 17.3 Å². The highest BCUT2D eigenvalue weighted by molar-refractivity contribution is 5.99. The second-order valence-corrected chi connectivity index (χ2v) is 6.81. The van der Waals surface area contributed by atoms with Crippen molar-refractivity contribution in [3.8, 4) is 11.5 Å². The lowest BCUT2D eigenvalue weighted by atomic mass is 10.1. The first kappa shape index (κ1) is 23.5. The minimum Gasteiger partial charge on any atom is -0.456 e. The normalized spacial score (nSPS) is 11.0. The van der Waals surface area contributed by atoms with Crippen LogP contribution in [-0.4, -0.2) is 23.9 Å². The fourth-order valence-corrected chi connectivity index (χ4v) is 2.91. The summed E-state index contributed by atoms with van der Waals surface area (Å²) < 4.78 is 57.5. The molecule has 0 aliphatic rings. The number of aryl methyl sites for hydroxylation is 1. The van der Waals surface area contributed by atoms with E-state index in [1.54, 1.807) is 18.2 Å². The van der Waals surface area contributed by atoms with Crippen molar-refractivity contribution < 1.29 is 27.1 Å². The molecule has 172 valence electrons. The summed E-state index contributed by atoms with van der Waals surface area (Å²) in [4.78, 5) is 16.1. The fourth-order valence-electron chi connectivity index (χ4n) is 2.91. The molecule has 0 aliphatic carbocycles. The predicted octanol–water partition coefficient (Wildman–Crippen LogP) is 5.63. The molecule has 33 heavy (non-hydrogen) atoms. The van der Waals surface area contributed by atoms with Gasteiger partial charge in [-0.2, -0.15) is 13.2 Å². The number of nitrogens with one attached hydrogen (secondary N) is 3. The van der Waals surface area contributed by atoms with Gasteiger partial charge in [0.05, 0.1) is 17.8 Å². The summed E-state index contributed by atoms with van der Waals surface area (Å²) in [6, 6.07) is 9.81. The van der Waals surface area contributed by atoms with Crippen LogP contribution in [0.25, 0.3) is 0 Å². The Hall–Kier alpha value is -4.15. The Morgan fingerprint density at radius 3 is 2.42 bits per heavy atom. The number of rotatable bonds is 7. The van der Waals surface area contributed by atoms with Gasteiger partial charge in [0.2, 0.25) is 0 Å². The van der Waals surface area contributed by atoms with Gasteiger partial charge >= 0.3 is 12.2 Å². The number of alkyl halides is 4. The van der Waals surface area contributed by atoms with E-state index in [0.717, 1.165) is 18.3 Å². The Labute approximate surface area is 186 Å². The number of nitrogens with two attached hydrogens (primary N) is 1. The minimum atomic E-state index is -4.63. The number of aromatic nitrogens is 1. The summed E-state index contributed by atoms with van der Waals surface area (Å²) in [7, 11) is 0. The molecule has 0 spiro atoms. The monoisotopic (exact) mass is 461 g/mol. The highest BCUT2D eigenvalue weighted by Gasteiger charge is 2.31. The van der Waals surface area contributed by atoms with Gasteiger partial charge < -0.3 is 26.5 Å². The maximum Gasteiger partial charge on any atom is 0.416 e. The van der Waals surface area contributed by atoms with Crippen molar-refractivity contribution in [3.05, 3.63) is 71.4 Å². The molecule has 7 nitrogen and oxygen atoms in total. The van der Waals surface area contributed by atoms with Crippen molar-refractivity contribution in [1.82, 2.24) is 4.98 Å². The van der Waals surface area contributed by atoms with Gasteiger partial charge in [0.25, 0.3) is 0 Å². The number of pyridine rings is 1. The highest BCUT2D eigenvalue weighted by atomic mass is 19.4. The summed E-state index contributed by atoms with van der Waals surface area (Å²) in [5.41, 5.74) is 5.39. The molecule has 0 saturated carbocycles. The molecule has 2 amide bonds. The number of amides is 2. The van der Waals surface area contributed by atoms with E-state index in [4.69, 9.17) is 15.9 Å². The summed E-state index contributed by atoms with van der Waals surface area (Å²) >= 11 is 0. The van der Waals surface area contributed by atoms with Gasteiger partial charge in [-0.25, -0.2) is 9.78 Å². The Balaban J connectivity index is 1.69. The standard InChI is InChI=1S/C22H19F4N5O2/c23-7-5-13-9-14(22(24,25)26)11-16(10-13)31-21(32)30-15-1-3-17(4-2-15)33-19-6-8-29-20(28)18(19)12-27/h1-4,6,8-12,27H,5,7H2,(H2,28,29)(H2,30,31,32). The van der Waals surface area contributed by atoms with Crippen LogP contribution in [0.1, 0.15) is 16.7 Å². The minimum absolute atomic E-state index is 0.111. The number of carbonyl (C=O) groups excluding carboxylic acids is 1. The number of anilines is 3. The van der Waals surface area contributed by atoms with Crippen molar-refractivity contribution in [2.75, 3.05) is 23.0 Å². The zero-order valence-electron chi connectivity index (χ0n) is 17.0. The number of urea groups is 1. The molecular formula is C22H19F4N5O2. The lowest BCUT2D eigenvalue weighted by molar-refractivity contribution is -0.137. The molecule has 0 atom stereocenters. The predicted molar refractivity (Wildman–Crippen MR) is 117 cm³/mol. The van der Waals surface area contributed by atoms with Gasteiger partial charge in [-0.05, 0) is 54.1 Å². The van der Waals surface area contributed by atoms with Crippen molar-refractivity contribution in [1.29, 1.82) is 5.41 Å². The quantitative estimate of drug-likeness (QED) is 0.270. The zero-order valence-corrected chi connectivity index (χ0v) is 17.0. The Bertz CT molecular complexity index is 1150. The van der Waals surface area contributed by atoms with E-state index in [1.807, 2.05) is 0 Å². The number of hydrogen-bond acceptors (Lipinski definition) is 5. The second-order valence-electron chi connectivity index (χ2n) is 6.81. The molecular weight excluding hydrogens is 442 g/mol. The van der Waals surface area contributed by atoms with Crippen LogP contribution in [0.15, 0.2) is 54.7 Å². The number of nitrogen functional groups attached to an aromatic ring is 1. The van der Waals surface area contributed by atoms with Gasteiger partial charge in [-0.15, -0.1) is 0 Å². The van der Waals surface area contributed by atoms with E-state index in [9.17, 15) is 22.4 Å². The van der Waals surface area contributed by atoms with Crippen LogP contribution in [0.5, 0.6) is 11.5 Å². The van der Waals surface area contributed by atoms with Gasteiger partial charge in [0, 0.05) is 30.2 Å². The number of benzene rings is 2. The molecule has 11 heteroatoms. The molecule has 0 aliphatic heterocycles. The van der Waals surface area contributed by atoms with E-state index in [-0.39, 0.29) is 23.5 Å². The maximum atomic E-state index is 13.1. The number of hydrogen-bond donors (Lipinski definition) is 4. The lowest BCUT2D eigenvalue weighted by Crippen LogP contribution is -2.20. The van der Waals surface area contributed by atoms with Gasteiger partial charge in [-0.3, -0.25) is 4.39 Å². The molecule has 5 N–H and O–H groups in total. The number of ether oxygens (including phenoxy) is 1. The molecule has 0 fully saturated rings. The Kier molecular flexibility index (Phi) is 7.11. The van der Waals surface area contributed by atoms with Crippen LogP contribution in [0, 0.1) is 5.41 Å². The molecule has 0 unspecified atom stereocenters. The average molecular weight is 461 g/mol. The van der Waals surface area contributed by atoms with Crippen LogP contribution < -0.4 is 21.1 Å². The molecule has 1 heterocycles. The van der Waals surface area contributed by atoms with Crippen molar-refractivity contribution >= 4 is 29.4 Å². The van der Waals surface area contributed by atoms with Crippen LogP contribution >= 0.6 is 0 Å². The van der Waals surface area contributed by atoms with Crippen molar-refractivity contribution in [3.63, 3.8) is 0 Å². The van der Waals surface area contributed by atoms with E-state index in [0.29, 0.717) is 22.7 Å². The summed E-state index contributed by atoms with van der Waals surface area (Å²) in [5.74, 6) is 0.856. The smallest absolute Gasteiger partial charge is 0.416 e. The van der Waals surface area contributed by atoms with E-state index in [1.165, 1.54) is 24.4 Å². The molecule has 0 saturated heterocycles. The molecule has 3 aromatic rings. The molecule has 1 aromatic heterocycles. The third-order valence-electron chi connectivity index (χ3n) is 4.43. The second kappa shape index (κ2) is 9.98. The van der Waals surface area contributed by atoms with Crippen LogP contribution in [-0.2, 0) is 12.6 Å². The number of nitrogens with zero attached hydrogens (tertiary/aromatic N) is 1. The largest absolute Gasteiger partial charge is 0.456 e. The summed E-state index contributed by atoms with van der Waals surface area (Å²) in [6.45, 7) is -0.825. The molecule has 0 bridgehead atoms. The first-order valence-electron chi connectivity index (χ1n) is 9.57. The first-order valence-corrected chi connectivity index (χ1v) is 9.57. The zero-order chi connectivity index (χ0) is 24.0. The Morgan fingerprint density at radius 2 is 1.79 bits per heavy atom. The number of carbonyl (C=O) groups is 1. The van der Waals surface area contributed by atoms with E-state index >= 15 is 0 Å². The molecule has 0 radical (unpaired) electrons. The molecule has 2 aromatic carbocycles. The summed E-state index contributed by atoms with van der Waals surface area (Å²) in [5, 5.41) is 12.2. The highest BCUT2D eigenvalue weighted by Crippen LogP contribution is 2.32. The fraction of sp³-hybridized carbons (Fsp3) is 0.136. The first-order chi connectivity index (χ1) is 15.7. The van der Waals surface area contributed by atoms with Gasteiger partial charge in [0.15, 0.2) is 0 Å². The van der Waals surface area contributed by atoms with Crippen LogP contribution in [0.2, 0.25) is 0 Å². The van der Waals surface area contributed by atoms with Crippen LogP contribution in [0.4, 0.5) is 39.5 Å². The van der Waals surface area contributed by atoms with E-state index in [2.05, 4.69) is 15.6 Å². The third-order valence-corrected chi connectivity index (χ3v) is 4.43. The van der Waals surface area contributed by atoms with Gasteiger partial charge in [-0.1, -0.05) is 0 Å². The van der Waals surface area contributed by atoms with Crippen molar-refractivity contribution in [2.45, 2.75) is 12.6 Å². The third kappa shape index (κ3) is 6.19. The molecule has 3 rings (SSSR count). The Morgan fingerprint density at radius 1 is 1.09 bits per heavy atom.